The number of allylic oxidation sites excluding steroid dienone is 1. The summed E-state index contributed by atoms with van der Waals surface area (Å²) in [5.41, 5.74) is 0.766. The molecule has 2 saturated heterocycles. The number of carbonyl (C=O) groups is 2. The monoisotopic (exact) mass is 362 g/mol. The lowest BCUT2D eigenvalue weighted by atomic mass is 9.81. The molecule has 3 aliphatic heterocycles. The molecular weight excluding hydrogens is 336 g/mol. The van der Waals surface area contributed by atoms with Crippen molar-refractivity contribution in [3.05, 3.63) is 35.5 Å². The van der Waals surface area contributed by atoms with Gasteiger partial charge in [0.2, 0.25) is 0 Å². The van der Waals surface area contributed by atoms with Crippen LogP contribution >= 0.6 is 0 Å². The number of fused-ring (bicyclic) bond motifs is 3. The predicted molar refractivity (Wildman–Crippen MR) is 94.1 cm³/mol. The maximum atomic E-state index is 12.4. The Labute approximate surface area is 153 Å². The topological polar surface area (TPSA) is 82.1 Å². The van der Waals surface area contributed by atoms with Crippen molar-refractivity contribution in [2.24, 2.45) is 5.92 Å². The molecule has 6 heteroatoms. The van der Waals surface area contributed by atoms with Gasteiger partial charge in [-0.2, -0.15) is 0 Å². The average molecular weight is 362 g/mol. The van der Waals surface area contributed by atoms with Crippen LogP contribution in [-0.4, -0.2) is 47.1 Å². The third kappa shape index (κ3) is 3.12. The molecule has 0 amide bonds. The maximum absolute atomic E-state index is 12.4. The molecular formula is C20H26O6. The molecule has 2 fully saturated rings. The van der Waals surface area contributed by atoms with Crippen molar-refractivity contribution in [1.82, 2.24) is 0 Å². The molecule has 6 nitrogen and oxygen atoms in total. The second-order valence-corrected chi connectivity index (χ2v) is 7.62. The van der Waals surface area contributed by atoms with Gasteiger partial charge in [0.05, 0.1) is 23.7 Å². The zero-order valence-corrected chi connectivity index (χ0v) is 15.7. The molecule has 3 rings (SSSR count). The normalized spacial score (nSPS) is 42.1. The number of hydrogen-bond acceptors (Lipinski definition) is 6. The zero-order chi connectivity index (χ0) is 19.2. The fourth-order valence-electron chi connectivity index (χ4n) is 3.90. The van der Waals surface area contributed by atoms with Gasteiger partial charge in [-0.25, -0.2) is 9.59 Å². The van der Waals surface area contributed by atoms with Gasteiger partial charge in [-0.3, -0.25) is 0 Å². The predicted octanol–water partition coefficient (Wildman–Crippen LogP) is 2.22. The molecule has 1 N–H and O–H groups in total. The molecule has 6 atom stereocenters. The third-order valence-corrected chi connectivity index (χ3v) is 5.77. The summed E-state index contributed by atoms with van der Waals surface area (Å²) in [4.78, 5) is 24.5. The smallest absolute Gasteiger partial charge is 0.334 e. The van der Waals surface area contributed by atoms with E-state index >= 15 is 0 Å². The lowest BCUT2D eigenvalue weighted by molar-refractivity contribution is -0.154. The van der Waals surface area contributed by atoms with Crippen molar-refractivity contribution in [3.63, 3.8) is 0 Å². The molecule has 0 aromatic heterocycles. The van der Waals surface area contributed by atoms with E-state index in [2.05, 4.69) is 6.58 Å². The molecule has 0 spiro atoms. The molecule has 3 heterocycles. The summed E-state index contributed by atoms with van der Waals surface area (Å²) in [6.45, 7) is 11.0. The standard InChI is InChI=1S/C20H26O6/c1-6-10(2)18(22)25-15-9-20(5)16(21)8-13(26-20)11(3)7-14-17(15)12(4)19(23)24-14/h6-7,13-17,21H,4,8-9H2,1-3,5H3/b10-6-,11-7+/t13-,14+,15+,16-,17-,20+/m0/s1. The first-order chi connectivity index (χ1) is 12.2. The molecule has 0 unspecified atom stereocenters. The molecule has 3 aliphatic rings. The summed E-state index contributed by atoms with van der Waals surface area (Å²) >= 11 is 0. The molecule has 0 radical (unpaired) electrons. The summed E-state index contributed by atoms with van der Waals surface area (Å²) in [6, 6.07) is 0. The molecule has 2 bridgehead atoms. The molecule has 26 heavy (non-hydrogen) atoms. The first-order valence-corrected chi connectivity index (χ1v) is 8.94. The molecule has 0 saturated carbocycles. The summed E-state index contributed by atoms with van der Waals surface area (Å²) in [5.74, 6) is -1.44. The fraction of sp³-hybridized carbons (Fsp3) is 0.600. The lowest BCUT2D eigenvalue weighted by Gasteiger charge is -2.34. The highest BCUT2D eigenvalue weighted by molar-refractivity contribution is 5.92. The van der Waals surface area contributed by atoms with Crippen molar-refractivity contribution in [2.75, 3.05) is 0 Å². The summed E-state index contributed by atoms with van der Waals surface area (Å²) < 4.78 is 17.3. The van der Waals surface area contributed by atoms with Crippen molar-refractivity contribution in [2.45, 2.75) is 70.6 Å². The zero-order valence-electron chi connectivity index (χ0n) is 15.7. The van der Waals surface area contributed by atoms with E-state index in [-0.39, 0.29) is 18.1 Å². The minimum atomic E-state index is -0.880. The highest BCUT2D eigenvalue weighted by Crippen LogP contribution is 2.44. The molecule has 0 aliphatic carbocycles. The van der Waals surface area contributed by atoms with Gasteiger partial charge in [0.15, 0.2) is 0 Å². The van der Waals surface area contributed by atoms with Crippen molar-refractivity contribution in [3.8, 4) is 0 Å². The van der Waals surface area contributed by atoms with Crippen LogP contribution in [-0.2, 0) is 23.8 Å². The Morgan fingerprint density at radius 3 is 2.85 bits per heavy atom. The quantitative estimate of drug-likeness (QED) is 0.461. The lowest BCUT2D eigenvalue weighted by Crippen LogP contribution is -2.44. The van der Waals surface area contributed by atoms with E-state index in [9.17, 15) is 14.7 Å². The molecule has 0 aromatic rings. The Balaban J connectivity index is 2.02. The average Bonchev–Trinajstić information content (AvgIpc) is 3.03. The van der Waals surface area contributed by atoms with Gasteiger partial charge >= 0.3 is 11.9 Å². The minimum absolute atomic E-state index is 0.255. The van der Waals surface area contributed by atoms with E-state index in [0.29, 0.717) is 12.0 Å². The van der Waals surface area contributed by atoms with Gasteiger partial charge in [-0.1, -0.05) is 12.7 Å². The Morgan fingerprint density at radius 1 is 1.50 bits per heavy atom. The van der Waals surface area contributed by atoms with Crippen molar-refractivity contribution in [1.29, 1.82) is 0 Å². The summed E-state index contributed by atoms with van der Waals surface area (Å²) in [6.07, 6.45) is 2.02. The van der Waals surface area contributed by atoms with Gasteiger partial charge < -0.3 is 19.3 Å². The van der Waals surface area contributed by atoms with Crippen molar-refractivity contribution >= 4 is 11.9 Å². The Hall–Kier alpha value is -1.92. The van der Waals surface area contributed by atoms with Gasteiger partial charge in [-0.15, -0.1) is 0 Å². The van der Waals surface area contributed by atoms with Crippen LogP contribution in [0.25, 0.3) is 0 Å². The van der Waals surface area contributed by atoms with Crippen LogP contribution in [0.1, 0.15) is 40.5 Å². The van der Waals surface area contributed by atoms with Gasteiger partial charge in [0.1, 0.15) is 12.2 Å². The highest BCUT2D eigenvalue weighted by Gasteiger charge is 2.53. The van der Waals surface area contributed by atoms with E-state index < -0.39 is 41.8 Å². The van der Waals surface area contributed by atoms with Crippen LogP contribution in [0.2, 0.25) is 0 Å². The van der Waals surface area contributed by atoms with Gasteiger partial charge in [-0.05, 0) is 39.3 Å². The van der Waals surface area contributed by atoms with Gasteiger partial charge in [0.25, 0.3) is 0 Å². The Bertz CT molecular complexity index is 705. The third-order valence-electron chi connectivity index (χ3n) is 5.77. The van der Waals surface area contributed by atoms with E-state index in [1.54, 1.807) is 19.9 Å². The fourth-order valence-corrected chi connectivity index (χ4v) is 3.90. The van der Waals surface area contributed by atoms with Crippen LogP contribution < -0.4 is 0 Å². The van der Waals surface area contributed by atoms with Gasteiger partial charge in [0, 0.05) is 24.0 Å². The van der Waals surface area contributed by atoms with Crippen LogP contribution in [0.15, 0.2) is 35.5 Å². The van der Waals surface area contributed by atoms with Crippen LogP contribution in [0.3, 0.4) is 0 Å². The molecule has 0 aromatic carbocycles. The number of rotatable bonds is 2. The maximum Gasteiger partial charge on any atom is 0.334 e. The SMILES string of the molecule is C=C1C(=O)O[C@@H]2/C=C(\C)[C@@H]3C[C@H](O)[C@@](C)(C[C@@H](OC(=O)/C(C)=C\C)[C@@H]12)O3. The Morgan fingerprint density at radius 2 is 2.19 bits per heavy atom. The Kier molecular flexibility index (Phi) is 4.84. The second-order valence-electron chi connectivity index (χ2n) is 7.62. The van der Waals surface area contributed by atoms with Crippen molar-refractivity contribution < 1.29 is 28.9 Å². The first-order valence-electron chi connectivity index (χ1n) is 8.94. The number of ether oxygens (including phenoxy) is 3. The summed E-state index contributed by atoms with van der Waals surface area (Å²) in [7, 11) is 0. The molecule has 142 valence electrons. The second kappa shape index (κ2) is 6.67. The number of hydrogen-bond donors (Lipinski definition) is 1. The first kappa shape index (κ1) is 18.9. The number of aliphatic hydroxyl groups is 1. The van der Waals surface area contributed by atoms with E-state index in [0.717, 1.165) is 5.57 Å². The van der Waals surface area contributed by atoms with Crippen LogP contribution in [0, 0.1) is 5.92 Å². The number of aliphatic hydroxyl groups excluding tert-OH is 1. The van der Waals surface area contributed by atoms with E-state index in [1.165, 1.54) is 0 Å². The van der Waals surface area contributed by atoms with E-state index in [4.69, 9.17) is 14.2 Å². The highest BCUT2D eigenvalue weighted by atomic mass is 16.6. The van der Waals surface area contributed by atoms with E-state index in [1.807, 2.05) is 19.9 Å². The van der Waals surface area contributed by atoms with Crippen LogP contribution in [0.5, 0.6) is 0 Å². The summed E-state index contributed by atoms with van der Waals surface area (Å²) in [5, 5.41) is 10.6. The number of carbonyl (C=O) groups excluding carboxylic acids is 2. The van der Waals surface area contributed by atoms with Crippen LogP contribution in [0.4, 0.5) is 0 Å². The number of esters is 2. The minimum Gasteiger partial charge on any atom is -0.458 e. The largest absolute Gasteiger partial charge is 0.458 e.